The van der Waals surface area contributed by atoms with Crippen molar-refractivity contribution in [2.24, 2.45) is 0 Å². The van der Waals surface area contributed by atoms with Crippen molar-refractivity contribution in [3.05, 3.63) is 29.8 Å². The van der Waals surface area contributed by atoms with Crippen molar-refractivity contribution in [3.63, 3.8) is 0 Å². The van der Waals surface area contributed by atoms with Gasteiger partial charge in [-0.25, -0.2) is 0 Å². The highest BCUT2D eigenvalue weighted by molar-refractivity contribution is 5.75. The van der Waals surface area contributed by atoms with Crippen LogP contribution in [-0.4, -0.2) is 42.8 Å². The van der Waals surface area contributed by atoms with E-state index in [0.29, 0.717) is 12.1 Å². The largest absolute Gasteiger partial charge is 0.394 e. The lowest BCUT2D eigenvalue weighted by molar-refractivity contribution is -0.101. The molecule has 0 amide bonds. The van der Waals surface area contributed by atoms with E-state index in [9.17, 15) is 9.90 Å². The lowest BCUT2D eigenvalue weighted by Gasteiger charge is -2.43. The summed E-state index contributed by atoms with van der Waals surface area (Å²) in [7, 11) is 0. The Labute approximate surface area is 107 Å². The summed E-state index contributed by atoms with van der Waals surface area (Å²) in [4.78, 5) is 12.8. The lowest BCUT2D eigenvalue weighted by atomic mass is 10.0. The van der Waals surface area contributed by atoms with Gasteiger partial charge in [0.05, 0.1) is 18.3 Å². The second-order valence-electron chi connectivity index (χ2n) is 5.27. The number of benzene rings is 1. The predicted octanol–water partition coefficient (Wildman–Crippen LogP) is 1.48. The van der Waals surface area contributed by atoms with Gasteiger partial charge >= 0.3 is 0 Å². The summed E-state index contributed by atoms with van der Waals surface area (Å²) in [5.41, 5.74) is 1.44. The average molecular weight is 249 g/mol. The Morgan fingerprint density at radius 2 is 2.11 bits per heavy atom. The van der Waals surface area contributed by atoms with Gasteiger partial charge < -0.3 is 14.7 Å². The lowest BCUT2D eigenvalue weighted by Crippen LogP contribution is -2.54. The first-order valence-electron chi connectivity index (χ1n) is 6.13. The highest BCUT2D eigenvalue weighted by Crippen LogP contribution is 2.26. The molecule has 1 heterocycles. The van der Waals surface area contributed by atoms with E-state index < -0.39 is 0 Å². The van der Waals surface area contributed by atoms with Gasteiger partial charge in [-0.05, 0) is 38.1 Å². The molecule has 0 saturated carbocycles. The number of hydrogen-bond donors (Lipinski definition) is 1. The van der Waals surface area contributed by atoms with Gasteiger partial charge in [0, 0.05) is 24.3 Å². The van der Waals surface area contributed by atoms with Crippen molar-refractivity contribution in [2.45, 2.75) is 25.6 Å². The van der Waals surface area contributed by atoms with E-state index in [0.717, 1.165) is 18.5 Å². The van der Waals surface area contributed by atoms with Crippen LogP contribution in [0.4, 0.5) is 5.69 Å². The molecule has 1 fully saturated rings. The van der Waals surface area contributed by atoms with Crippen molar-refractivity contribution < 1.29 is 14.6 Å². The average Bonchev–Trinajstić information content (AvgIpc) is 2.37. The first kappa shape index (κ1) is 13.1. The van der Waals surface area contributed by atoms with E-state index in [4.69, 9.17) is 4.74 Å². The summed E-state index contributed by atoms with van der Waals surface area (Å²) in [5, 5.41) is 9.27. The van der Waals surface area contributed by atoms with Crippen LogP contribution in [0.25, 0.3) is 0 Å². The second-order valence-corrected chi connectivity index (χ2v) is 5.27. The minimum atomic E-state index is -0.283. The smallest absolute Gasteiger partial charge is 0.150 e. The van der Waals surface area contributed by atoms with E-state index in [1.165, 1.54) is 0 Å². The Hall–Kier alpha value is -1.39. The third-order valence-corrected chi connectivity index (χ3v) is 3.08. The summed E-state index contributed by atoms with van der Waals surface area (Å²) in [5.74, 6) is 0. The summed E-state index contributed by atoms with van der Waals surface area (Å²) in [6.45, 7) is 5.49. The van der Waals surface area contributed by atoms with Gasteiger partial charge in [-0.1, -0.05) is 0 Å². The number of nitrogens with zero attached hydrogens (tertiary/aromatic N) is 1. The number of rotatable bonds is 3. The molecule has 1 unspecified atom stereocenters. The van der Waals surface area contributed by atoms with Crippen LogP contribution in [0.1, 0.15) is 24.2 Å². The van der Waals surface area contributed by atoms with Gasteiger partial charge in [0.25, 0.3) is 0 Å². The van der Waals surface area contributed by atoms with Crippen molar-refractivity contribution in [3.8, 4) is 0 Å². The Kier molecular flexibility index (Phi) is 3.68. The van der Waals surface area contributed by atoms with Gasteiger partial charge in [0.2, 0.25) is 0 Å². The first-order chi connectivity index (χ1) is 8.54. The molecule has 0 bridgehead atoms. The number of hydrogen-bond acceptors (Lipinski definition) is 4. The molecule has 0 aromatic heterocycles. The maximum absolute atomic E-state index is 10.6. The van der Waals surface area contributed by atoms with Crippen LogP contribution < -0.4 is 4.90 Å². The molecule has 0 aliphatic carbocycles. The molecule has 1 aliphatic heterocycles. The molecule has 1 atom stereocenters. The number of aliphatic hydroxyl groups is 1. The van der Waals surface area contributed by atoms with E-state index in [-0.39, 0.29) is 18.3 Å². The molecule has 1 saturated heterocycles. The fourth-order valence-electron chi connectivity index (χ4n) is 2.35. The van der Waals surface area contributed by atoms with Crippen molar-refractivity contribution >= 4 is 12.0 Å². The molecule has 4 heteroatoms. The molecule has 1 aromatic carbocycles. The van der Waals surface area contributed by atoms with E-state index in [1.807, 2.05) is 26.0 Å². The minimum Gasteiger partial charge on any atom is -0.394 e. The van der Waals surface area contributed by atoms with Crippen molar-refractivity contribution in [1.29, 1.82) is 0 Å². The first-order valence-corrected chi connectivity index (χ1v) is 6.13. The van der Waals surface area contributed by atoms with Crippen LogP contribution >= 0.6 is 0 Å². The highest BCUT2D eigenvalue weighted by Gasteiger charge is 2.33. The highest BCUT2D eigenvalue weighted by atomic mass is 16.5. The topological polar surface area (TPSA) is 49.8 Å². The zero-order chi connectivity index (χ0) is 13.2. The molecular formula is C14H19NO3. The fraction of sp³-hybridized carbons (Fsp3) is 0.500. The Bertz CT molecular complexity index is 414. The van der Waals surface area contributed by atoms with Gasteiger partial charge in [-0.2, -0.15) is 0 Å². The molecular weight excluding hydrogens is 230 g/mol. The normalized spacial score (nSPS) is 22.8. The number of aldehydes is 1. The van der Waals surface area contributed by atoms with Crippen LogP contribution in [0.2, 0.25) is 0 Å². The Balaban J connectivity index is 2.17. The number of morpholine rings is 1. The van der Waals surface area contributed by atoms with Crippen LogP contribution in [-0.2, 0) is 4.74 Å². The Morgan fingerprint density at radius 3 is 2.67 bits per heavy atom. The summed E-state index contributed by atoms with van der Waals surface area (Å²) >= 11 is 0. The second kappa shape index (κ2) is 5.08. The predicted molar refractivity (Wildman–Crippen MR) is 70.1 cm³/mol. The molecule has 2 rings (SSSR count). The fourth-order valence-corrected chi connectivity index (χ4v) is 2.35. The molecule has 1 aliphatic rings. The SMILES string of the molecule is CC1(C)CN(c2ccc(C=O)cc2)CC(CO)O1. The molecule has 0 radical (unpaired) electrons. The summed E-state index contributed by atoms with van der Waals surface area (Å²) in [6.07, 6.45) is 0.670. The van der Waals surface area contributed by atoms with Gasteiger partial charge in [-0.15, -0.1) is 0 Å². The molecule has 1 aromatic rings. The minimum absolute atomic E-state index is 0.0202. The molecule has 18 heavy (non-hydrogen) atoms. The molecule has 1 N–H and O–H groups in total. The van der Waals surface area contributed by atoms with Crippen LogP contribution in [0.5, 0.6) is 0 Å². The standard InChI is InChI=1S/C14H19NO3/c1-14(2)10-15(7-13(9-17)18-14)12-5-3-11(8-16)4-6-12/h3-6,8,13,17H,7,9-10H2,1-2H3. The van der Waals surface area contributed by atoms with Crippen molar-refractivity contribution in [1.82, 2.24) is 0 Å². The number of anilines is 1. The Morgan fingerprint density at radius 1 is 1.44 bits per heavy atom. The number of aliphatic hydroxyl groups excluding tert-OH is 1. The van der Waals surface area contributed by atoms with Gasteiger partial charge in [-0.3, -0.25) is 4.79 Å². The third-order valence-electron chi connectivity index (χ3n) is 3.08. The molecule has 98 valence electrons. The number of carbonyl (C=O) groups is 1. The monoisotopic (exact) mass is 249 g/mol. The van der Waals surface area contributed by atoms with E-state index in [1.54, 1.807) is 12.1 Å². The zero-order valence-electron chi connectivity index (χ0n) is 10.8. The van der Waals surface area contributed by atoms with Gasteiger partial charge in [0.15, 0.2) is 0 Å². The number of ether oxygens (including phenoxy) is 1. The maximum Gasteiger partial charge on any atom is 0.150 e. The van der Waals surface area contributed by atoms with E-state index in [2.05, 4.69) is 4.90 Å². The van der Waals surface area contributed by atoms with Crippen LogP contribution in [0.3, 0.4) is 0 Å². The third kappa shape index (κ3) is 2.89. The van der Waals surface area contributed by atoms with E-state index >= 15 is 0 Å². The van der Waals surface area contributed by atoms with Crippen LogP contribution in [0.15, 0.2) is 24.3 Å². The summed E-state index contributed by atoms with van der Waals surface area (Å²) in [6, 6.07) is 7.47. The van der Waals surface area contributed by atoms with Crippen LogP contribution in [0, 0.1) is 0 Å². The molecule has 4 nitrogen and oxygen atoms in total. The van der Waals surface area contributed by atoms with Gasteiger partial charge in [0.1, 0.15) is 6.29 Å². The maximum atomic E-state index is 10.6. The van der Waals surface area contributed by atoms with Crippen molar-refractivity contribution in [2.75, 3.05) is 24.6 Å². The summed E-state index contributed by atoms with van der Waals surface area (Å²) < 4.78 is 5.77. The zero-order valence-corrected chi connectivity index (χ0v) is 10.8. The quantitative estimate of drug-likeness (QED) is 0.824. The molecule has 0 spiro atoms. The number of carbonyl (C=O) groups excluding carboxylic acids is 1.